The summed E-state index contributed by atoms with van der Waals surface area (Å²) in [5.41, 5.74) is -0.207. The molecule has 1 amide bonds. The van der Waals surface area contributed by atoms with E-state index >= 15 is 0 Å². The number of aliphatic hydroxyl groups is 1. The third kappa shape index (κ3) is 3.79. The van der Waals surface area contributed by atoms with Gasteiger partial charge in [0.1, 0.15) is 17.1 Å². The number of furan rings is 1. The molecule has 1 heterocycles. The van der Waals surface area contributed by atoms with Gasteiger partial charge in [-0.1, -0.05) is 12.1 Å². The average molecular weight is 329 g/mol. The first-order valence-electron chi connectivity index (χ1n) is 8.36. The van der Waals surface area contributed by atoms with Crippen LogP contribution in [-0.4, -0.2) is 24.2 Å². The molecule has 1 saturated carbocycles. The molecule has 0 bridgehead atoms. The van der Waals surface area contributed by atoms with Gasteiger partial charge in [-0.05, 0) is 55.5 Å². The second-order valence-electron chi connectivity index (χ2n) is 6.21. The minimum atomic E-state index is -1.11. The number of benzene rings is 1. The molecule has 2 N–H and O–H groups in total. The summed E-state index contributed by atoms with van der Waals surface area (Å²) in [5.74, 6) is 1.34. The smallest absolute Gasteiger partial charge is 0.224 e. The molecule has 128 valence electrons. The van der Waals surface area contributed by atoms with E-state index in [9.17, 15) is 9.90 Å². The van der Waals surface area contributed by atoms with Gasteiger partial charge in [0.05, 0.1) is 25.8 Å². The molecule has 0 aliphatic heterocycles. The molecule has 1 atom stereocenters. The molecule has 0 radical (unpaired) electrons. The first-order chi connectivity index (χ1) is 11.6. The van der Waals surface area contributed by atoms with E-state index in [4.69, 9.17) is 9.15 Å². The van der Waals surface area contributed by atoms with E-state index in [0.29, 0.717) is 12.4 Å². The van der Waals surface area contributed by atoms with Crippen molar-refractivity contribution >= 4 is 5.91 Å². The van der Waals surface area contributed by atoms with Crippen LogP contribution in [0, 0.1) is 5.92 Å². The number of carbonyl (C=O) groups is 1. The molecule has 5 heteroatoms. The van der Waals surface area contributed by atoms with Gasteiger partial charge in [0.15, 0.2) is 0 Å². The van der Waals surface area contributed by atoms with E-state index < -0.39 is 5.60 Å². The minimum absolute atomic E-state index is 0.121. The molecule has 1 unspecified atom stereocenters. The van der Waals surface area contributed by atoms with Gasteiger partial charge in [-0.25, -0.2) is 0 Å². The molecular formula is C19H23NO4. The van der Waals surface area contributed by atoms with E-state index in [1.54, 1.807) is 18.4 Å². The minimum Gasteiger partial charge on any atom is -0.494 e. The second kappa shape index (κ2) is 7.09. The fraction of sp³-hybridized carbons (Fsp3) is 0.421. The van der Waals surface area contributed by atoms with Crippen molar-refractivity contribution < 1.29 is 19.1 Å². The van der Waals surface area contributed by atoms with Gasteiger partial charge in [0.2, 0.25) is 5.91 Å². The summed E-state index contributed by atoms with van der Waals surface area (Å²) in [5, 5.41) is 13.7. The van der Waals surface area contributed by atoms with Gasteiger partial charge in [0, 0.05) is 0 Å². The Kier molecular flexibility index (Phi) is 4.90. The molecule has 1 aromatic heterocycles. The van der Waals surface area contributed by atoms with Gasteiger partial charge < -0.3 is 19.6 Å². The maximum atomic E-state index is 12.2. The molecule has 24 heavy (non-hydrogen) atoms. The molecule has 1 aromatic carbocycles. The van der Waals surface area contributed by atoms with Crippen LogP contribution in [0.3, 0.4) is 0 Å². The van der Waals surface area contributed by atoms with Crippen LogP contribution < -0.4 is 10.1 Å². The van der Waals surface area contributed by atoms with Crippen LogP contribution in [0.2, 0.25) is 0 Å². The average Bonchev–Trinajstić information content (AvgIpc) is 3.30. The summed E-state index contributed by atoms with van der Waals surface area (Å²) in [6.45, 7) is 2.72. The van der Waals surface area contributed by atoms with Crippen molar-refractivity contribution in [2.45, 2.75) is 31.8 Å². The maximum Gasteiger partial charge on any atom is 0.224 e. The molecule has 2 aromatic rings. The van der Waals surface area contributed by atoms with E-state index in [1.165, 1.54) is 0 Å². The number of hydrogen-bond acceptors (Lipinski definition) is 4. The summed E-state index contributed by atoms with van der Waals surface area (Å²) in [7, 11) is 0. The molecule has 3 rings (SSSR count). The fourth-order valence-electron chi connectivity index (χ4n) is 2.87. The van der Waals surface area contributed by atoms with Gasteiger partial charge in [-0.15, -0.1) is 0 Å². The molecule has 1 aliphatic rings. The Balaban J connectivity index is 1.56. The maximum absolute atomic E-state index is 12.2. The van der Waals surface area contributed by atoms with Crippen LogP contribution >= 0.6 is 0 Å². The molecule has 1 aliphatic carbocycles. The van der Waals surface area contributed by atoms with E-state index in [1.807, 2.05) is 31.2 Å². The fourth-order valence-corrected chi connectivity index (χ4v) is 2.87. The van der Waals surface area contributed by atoms with Crippen LogP contribution in [0.5, 0.6) is 5.75 Å². The van der Waals surface area contributed by atoms with Gasteiger partial charge in [-0.3, -0.25) is 4.79 Å². The zero-order valence-corrected chi connectivity index (χ0v) is 13.8. The zero-order valence-electron chi connectivity index (χ0n) is 13.8. The zero-order chi connectivity index (χ0) is 17.0. The lowest BCUT2D eigenvalue weighted by atomic mass is 9.94. The van der Waals surface area contributed by atoms with Crippen LogP contribution in [0.15, 0.2) is 47.1 Å². The SMILES string of the molecule is CCOc1ccc(CC(=O)NCC(O)(c2ccco2)C2CC2)cc1. The van der Waals surface area contributed by atoms with Crippen LogP contribution in [-0.2, 0) is 16.8 Å². The molecular weight excluding hydrogens is 306 g/mol. The Morgan fingerprint density at radius 1 is 1.33 bits per heavy atom. The van der Waals surface area contributed by atoms with Crippen molar-refractivity contribution in [3.8, 4) is 5.75 Å². The monoisotopic (exact) mass is 329 g/mol. The predicted molar refractivity (Wildman–Crippen MR) is 89.7 cm³/mol. The van der Waals surface area contributed by atoms with Gasteiger partial charge >= 0.3 is 0 Å². The summed E-state index contributed by atoms with van der Waals surface area (Å²) >= 11 is 0. The standard InChI is InChI=1S/C19H23NO4/c1-2-23-16-9-5-14(6-10-16)12-18(21)20-13-19(22,15-7-8-15)17-4-3-11-24-17/h3-6,9-11,15,22H,2,7-8,12-13H2,1H3,(H,20,21). The number of nitrogens with one attached hydrogen (secondary N) is 1. The highest BCUT2D eigenvalue weighted by Crippen LogP contribution is 2.45. The van der Waals surface area contributed by atoms with E-state index in [2.05, 4.69) is 5.32 Å². The topological polar surface area (TPSA) is 71.7 Å². The first kappa shape index (κ1) is 16.6. The van der Waals surface area contributed by atoms with Crippen molar-refractivity contribution in [1.29, 1.82) is 0 Å². The molecule has 5 nitrogen and oxygen atoms in total. The van der Waals surface area contributed by atoms with Gasteiger partial charge in [0.25, 0.3) is 0 Å². The normalized spacial score (nSPS) is 16.4. The van der Waals surface area contributed by atoms with Gasteiger partial charge in [-0.2, -0.15) is 0 Å². The third-order valence-corrected chi connectivity index (χ3v) is 4.35. The quantitative estimate of drug-likeness (QED) is 0.781. The van der Waals surface area contributed by atoms with E-state index in [0.717, 1.165) is 24.2 Å². The van der Waals surface area contributed by atoms with Crippen molar-refractivity contribution in [2.24, 2.45) is 5.92 Å². The highest BCUT2D eigenvalue weighted by Gasteiger charge is 2.47. The lowest BCUT2D eigenvalue weighted by Crippen LogP contribution is -2.42. The number of ether oxygens (including phenoxy) is 1. The van der Waals surface area contributed by atoms with Crippen LogP contribution in [0.1, 0.15) is 31.1 Å². The Bertz CT molecular complexity index is 661. The van der Waals surface area contributed by atoms with Crippen LogP contribution in [0.4, 0.5) is 0 Å². The molecule has 1 fully saturated rings. The molecule has 0 spiro atoms. The van der Waals surface area contributed by atoms with Crippen molar-refractivity contribution in [2.75, 3.05) is 13.2 Å². The lowest BCUT2D eigenvalue weighted by molar-refractivity contribution is -0.122. The van der Waals surface area contributed by atoms with Crippen molar-refractivity contribution in [3.63, 3.8) is 0 Å². The highest BCUT2D eigenvalue weighted by atomic mass is 16.5. The Hall–Kier alpha value is -2.27. The Morgan fingerprint density at radius 3 is 2.67 bits per heavy atom. The summed E-state index contributed by atoms with van der Waals surface area (Å²) in [6, 6.07) is 11.0. The Morgan fingerprint density at radius 2 is 2.08 bits per heavy atom. The number of carbonyl (C=O) groups excluding carboxylic acids is 1. The number of amides is 1. The lowest BCUT2D eigenvalue weighted by Gasteiger charge is -2.26. The van der Waals surface area contributed by atoms with Crippen molar-refractivity contribution in [1.82, 2.24) is 5.32 Å². The number of rotatable bonds is 8. The third-order valence-electron chi connectivity index (χ3n) is 4.35. The molecule has 0 saturated heterocycles. The second-order valence-corrected chi connectivity index (χ2v) is 6.21. The summed E-state index contributed by atoms with van der Waals surface area (Å²) in [4.78, 5) is 12.2. The predicted octanol–water partition coefficient (Wildman–Crippen LogP) is 2.63. The first-order valence-corrected chi connectivity index (χ1v) is 8.36. The van der Waals surface area contributed by atoms with Crippen LogP contribution in [0.25, 0.3) is 0 Å². The Labute approximate surface area is 141 Å². The highest BCUT2D eigenvalue weighted by molar-refractivity contribution is 5.78. The number of hydrogen-bond donors (Lipinski definition) is 2. The van der Waals surface area contributed by atoms with E-state index in [-0.39, 0.29) is 24.8 Å². The largest absolute Gasteiger partial charge is 0.494 e. The summed E-state index contributed by atoms with van der Waals surface area (Å²) < 4.78 is 10.8. The summed E-state index contributed by atoms with van der Waals surface area (Å²) in [6.07, 6.45) is 3.72. The van der Waals surface area contributed by atoms with Crippen molar-refractivity contribution in [3.05, 3.63) is 54.0 Å².